The number of rotatable bonds is 9. The normalized spacial score (nSPS) is 17.9. The maximum absolute atomic E-state index is 12.1. The Bertz CT molecular complexity index is 255. The van der Waals surface area contributed by atoms with Crippen LogP contribution in [0.15, 0.2) is 0 Å². The molecule has 1 rings (SSSR count). The lowest BCUT2D eigenvalue weighted by Gasteiger charge is -2.33. The van der Waals surface area contributed by atoms with Crippen molar-refractivity contribution >= 4 is 5.91 Å². The zero-order valence-electron chi connectivity index (χ0n) is 12.4. The van der Waals surface area contributed by atoms with Crippen LogP contribution < -0.4 is 11.1 Å². The van der Waals surface area contributed by atoms with Crippen LogP contribution >= 0.6 is 0 Å². The number of carbonyl (C=O) groups is 1. The molecule has 0 aromatic heterocycles. The van der Waals surface area contributed by atoms with Gasteiger partial charge in [0.25, 0.3) is 0 Å². The quantitative estimate of drug-likeness (QED) is 0.607. The molecule has 0 saturated heterocycles. The fraction of sp³-hybridized carbons (Fsp3) is 0.929. The molecule has 19 heavy (non-hydrogen) atoms. The Hall–Kier alpha value is -0.650. The Balaban J connectivity index is 2.49. The largest absolute Gasteiger partial charge is 0.383 e. The lowest BCUT2D eigenvalue weighted by atomic mass is 10.1. The molecule has 0 spiro atoms. The first-order valence-electron chi connectivity index (χ1n) is 7.43. The summed E-state index contributed by atoms with van der Waals surface area (Å²) < 4.78 is 4.95. The highest BCUT2D eigenvalue weighted by Gasteiger charge is 2.29. The van der Waals surface area contributed by atoms with Crippen LogP contribution in [-0.2, 0) is 9.53 Å². The van der Waals surface area contributed by atoms with E-state index in [4.69, 9.17) is 10.5 Å². The zero-order valence-corrected chi connectivity index (χ0v) is 12.4. The predicted molar refractivity (Wildman–Crippen MR) is 77.0 cm³/mol. The first kappa shape index (κ1) is 16.4. The van der Waals surface area contributed by atoms with Crippen molar-refractivity contribution in [2.24, 2.45) is 5.73 Å². The summed E-state index contributed by atoms with van der Waals surface area (Å²) in [6.45, 7) is 4.73. The van der Waals surface area contributed by atoms with E-state index in [1.807, 2.05) is 6.92 Å². The van der Waals surface area contributed by atoms with E-state index in [0.29, 0.717) is 25.7 Å². The predicted octanol–water partition coefficient (Wildman–Crippen LogP) is 0.731. The number of hydrogen-bond acceptors (Lipinski definition) is 4. The van der Waals surface area contributed by atoms with Gasteiger partial charge in [-0.2, -0.15) is 0 Å². The van der Waals surface area contributed by atoms with Crippen molar-refractivity contribution in [2.75, 3.05) is 33.4 Å². The second-order valence-electron chi connectivity index (χ2n) is 5.28. The molecule has 0 bridgehead atoms. The van der Waals surface area contributed by atoms with Gasteiger partial charge in [-0.05, 0) is 32.7 Å². The van der Waals surface area contributed by atoms with Gasteiger partial charge in [-0.3, -0.25) is 9.69 Å². The number of methoxy groups -OCH3 is 1. The Morgan fingerprint density at radius 3 is 2.74 bits per heavy atom. The third kappa shape index (κ3) is 5.47. The van der Waals surface area contributed by atoms with Gasteiger partial charge in [-0.15, -0.1) is 0 Å². The molecule has 5 nitrogen and oxygen atoms in total. The average molecular weight is 271 g/mol. The second-order valence-corrected chi connectivity index (χ2v) is 5.28. The first-order chi connectivity index (χ1) is 9.20. The smallest absolute Gasteiger partial charge is 0.237 e. The highest BCUT2D eigenvalue weighted by atomic mass is 16.5. The van der Waals surface area contributed by atoms with E-state index in [1.54, 1.807) is 7.11 Å². The van der Waals surface area contributed by atoms with Crippen LogP contribution in [0.4, 0.5) is 0 Å². The standard InChI is InChI=1S/C14H29N3O2/c1-12(14(18)16-9-11-19-2)17(10-5-8-15)13-6-3-4-7-13/h12-13H,3-11,15H2,1-2H3,(H,16,18). The van der Waals surface area contributed by atoms with Gasteiger partial charge in [-0.1, -0.05) is 12.8 Å². The maximum Gasteiger partial charge on any atom is 0.237 e. The number of hydrogen-bond donors (Lipinski definition) is 2. The summed E-state index contributed by atoms with van der Waals surface area (Å²) in [4.78, 5) is 14.5. The Morgan fingerprint density at radius 1 is 1.47 bits per heavy atom. The molecule has 1 unspecified atom stereocenters. The minimum atomic E-state index is -0.0773. The van der Waals surface area contributed by atoms with Crippen LogP contribution in [0.25, 0.3) is 0 Å². The molecule has 0 aromatic carbocycles. The fourth-order valence-corrected chi connectivity index (χ4v) is 2.78. The van der Waals surface area contributed by atoms with Crippen molar-refractivity contribution in [3.05, 3.63) is 0 Å². The summed E-state index contributed by atoms with van der Waals surface area (Å²) in [6, 6.07) is 0.473. The summed E-state index contributed by atoms with van der Waals surface area (Å²) in [6.07, 6.45) is 5.93. The van der Waals surface area contributed by atoms with E-state index in [1.165, 1.54) is 25.7 Å². The third-order valence-corrected chi connectivity index (χ3v) is 3.90. The lowest BCUT2D eigenvalue weighted by Crippen LogP contribution is -2.50. The maximum atomic E-state index is 12.1. The highest BCUT2D eigenvalue weighted by Crippen LogP contribution is 2.25. The van der Waals surface area contributed by atoms with Crippen LogP contribution in [0.2, 0.25) is 0 Å². The Labute approximate surface area is 116 Å². The molecule has 1 aliphatic rings. The van der Waals surface area contributed by atoms with Gasteiger partial charge in [0.2, 0.25) is 5.91 Å². The third-order valence-electron chi connectivity index (χ3n) is 3.90. The molecule has 0 aromatic rings. The summed E-state index contributed by atoms with van der Waals surface area (Å²) in [5, 5.41) is 2.93. The minimum Gasteiger partial charge on any atom is -0.383 e. The van der Waals surface area contributed by atoms with Crippen LogP contribution in [-0.4, -0.2) is 56.2 Å². The number of nitrogens with zero attached hydrogens (tertiary/aromatic N) is 1. The van der Waals surface area contributed by atoms with Crippen molar-refractivity contribution in [2.45, 2.75) is 51.1 Å². The van der Waals surface area contributed by atoms with Crippen molar-refractivity contribution in [1.29, 1.82) is 0 Å². The molecular formula is C14H29N3O2. The topological polar surface area (TPSA) is 67.6 Å². The minimum absolute atomic E-state index is 0.0773. The number of nitrogens with two attached hydrogens (primary N) is 1. The van der Waals surface area contributed by atoms with E-state index >= 15 is 0 Å². The number of nitrogens with one attached hydrogen (secondary N) is 1. The molecule has 0 heterocycles. The van der Waals surface area contributed by atoms with Crippen molar-refractivity contribution in [3.63, 3.8) is 0 Å². The van der Waals surface area contributed by atoms with E-state index in [-0.39, 0.29) is 11.9 Å². The van der Waals surface area contributed by atoms with E-state index < -0.39 is 0 Å². The fourth-order valence-electron chi connectivity index (χ4n) is 2.78. The van der Waals surface area contributed by atoms with Crippen LogP contribution in [0.1, 0.15) is 39.0 Å². The van der Waals surface area contributed by atoms with Gasteiger partial charge in [-0.25, -0.2) is 0 Å². The SMILES string of the molecule is COCCNC(=O)C(C)N(CCCN)C1CCCC1. The van der Waals surface area contributed by atoms with Gasteiger partial charge in [0.1, 0.15) is 0 Å². The monoisotopic (exact) mass is 271 g/mol. The molecule has 112 valence electrons. The molecule has 1 saturated carbocycles. The molecule has 1 atom stereocenters. The molecule has 0 aliphatic heterocycles. The van der Waals surface area contributed by atoms with Crippen molar-refractivity contribution < 1.29 is 9.53 Å². The van der Waals surface area contributed by atoms with Crippen molar-refractivity contribution in [1.82, 2.24) is 10.2 Å². The van der Waals surface area contributed by atoms with E-state index in [2.05, 4.69) is 10.2 Å². The summed E-state index contributed by atoms with van der Waals surface area (Å²) in [7, 11) is 1.64. The Kier molecular flexibility index (Phi) is 8.02. The van der Waals surface area contributed by atoms with Gasteiger partial charge in [0.05, 0.1) is 12.6 Å². The van der Waals surface area contributed by atoms with Crippen molar-refractivity contribution in [3.8, 4) is 0 Å². The van der Waals surface area contributed by atoms with Gasteiger partial charge in [0.15, 0.2) is 0 Å². The second kappa shape index (κ2) is 9.28. The van der Waals surface area contributed by atoms with Gasteiger partial charge >= 0.3 is 0 Å². The molecule has 5 heteroatoms. The molecule has 3 N–H and O–H groups in total. The number of carbonyl (C=O) groups excluding carboxylic acids is 1. The van der Waals surface area contributed by atoms with E-state index in [9.17, 15) is 4.79 Å². The molecule has 0 radical (unpaired) electrons. The number of ether oxygens (including phenoxy) is 1. The highest BCUT2D eigenvalue weighted by molar-refractivity contribution is 5.81. The first-order valence-corrected chi connectivity index (χ1v) is 7.43. The zero-order chi connectivity index (χ0) is 14.1. The Morgan fingerprint density at radius 2 is 2.16 bits per heavy atom. The molecular weight excluding hydrogens is 242 g/mol. The molecule has 1 aliphatic carbocycles. The van der Waals surface area contributed by atoms with E-state index in [0.717, 1.165) is 13.0 Å². The summed E-state index contributed by atoms with van der Waals surface area (Å²) >= 11 is 0. The van der Waals surface area contributed by atoms with Crippen LogP contribution in [0.3, 0.4) is 0 Å². The average Bonchev–Trinajstić information content (AvgIpc) is 2.93. The summed E-state index contributed by atoms with van der Waals surface area (Å²) in [5.74, 6) is 0.0981. The summed E-state index contributed by atoms with van der Waals surface area (Å²) in [5.41, 5.74) is 5.61. The van der Waals surface area contributed by atoms with Crippen LogP contribution in [0, 0.1) is 0 Å². The molecule has 1 fully saturated rings. The van der Waals surface area contributed by atoms with Gasteiger partial charge in [0, 0.05) is 26.2 Å². The van der Waals surface area contributed by atoms with Gasteiger partial charge < -0.3 is 15.8 Å². The lowest BCUT2D eigenvalue weighted by molar-refractivity contribution is -0.127. The number of amides is 1. The molecule has 1 amide bonds. The van der Waals surface area contributed by atoms with Crippen LogP contribution in [0.5, 0.6) is 0 Å².